The number of hydrogen-bond donors (Lipinski definition) is 2. The van der Waals surface area contributed by atoms with Crippen molar-refractivity contribution in [3.63, 3.8) is 0 Å². The number of benzene rings is 2. The normalized spacial score (nSPS) is 10.3. The Morgan fingerprint density at radius 3 is 2.48 bits per heavy atom. The third-order valence-corrected chi connectivity index (χ3v) is 4.35. The summed E-state index contributed by atoms with van der Waals surface area (Å²) >= 11 is 7.11. The van der Waals surface area contributed by atoms with Gasteiger partial charge in [0.25, 0.3) is 5.91 Å². The van der Waals surface area contributed by atoms with Gasteiger partial charge in [-0.25, -0.2) is 4.98 Å². The summed E-state index contributed by atoms with van der Waals surface area (Å²) < 4.78 is 0. The molecule has 1 aromatic heterocycles. The molecule has 0 spiro atoms. The molecule has 1 heterocycles. The molecule has 0 atom stereocenters. The van der Waals surface area contributed by atoms with E-state index in [1.165, 1.54) is 11.3 Å². The van der Waals surface area contributed by atoms with Crippen LogP contribution in [0.1, 0.15) is 10.4 Å². The Kier molecular flexibility index (Phi) is 5.42. The van der Waals surface area contributed by atoms with Crippen molar-refractivity contribution in [3.8, 4) is 11.3 Å². The lowest BCUT2D eigenvalue weighted by Crippen LogP contribution is -2.32. The minimum atomic E-state index is -0.337. The predicted octanol–water partition coefficient (Wildman–Crippen LogP) is 3.83. The van der Waals surface area contributed by atoms with E-state index in [1.54, 1.807) is 24.3 Å². The van der Waals surface area contributed by atoms with Crippen LogP contribution in [0.3, 0.4) is 0 Å². The molecule has 3 aromatic rings. The fourth-order valence-electron chi connectivity index (χ4n) is 2.10. The Bertz CT molecular complexity index is 879. The largest absolute Gasteiger partial charge is 0.343 e. The number of thiazole rings is 1. The Hall–Kier alpha value is -2.70. The zero-order valence-corrected chi connectivity index (χ0v) is 14.6. The SMILES string of the molecule is O=C(CNC(=O)c1ccc(Cl)cc1)Nc1nc(-c2ccccc2)cs1. The van der Waals surface area contributed by atoms with Crippen molar-refractivity contribution in [1.29, 1.82) is 0 Å². The molecule has 5 nitrogen and oxygen atoms in total. The van der Waals surface area contributed by atoms with Crippen LogP contribution in [-0.2, 0) is 4.79 Å². The van der Waals surface area contributed by atoms with Gasteiger partial charge < -0.3 is 10.6 Å². The molecule has 2 amide bonds. The van der Waals surface area contributed by atoms with Gasteiger partial charge in [0.05, 0.1) is 12.2 Å². The number of anilines is 1. The summed E-state index contributed by atoms with van der Waals surface area (Å²) in [6.07, 6.45) is 0. The molecule has 0 fully saturated rings. The maximum absolute atomic E-state index is 12.0. The van der Waals surface area contributed by atoms with Crippen molar-refractivity contribution in [1.82, 2.24) is 10.3 Å². The molecule has 0 saturated heterocycles. The van der Waals surface area contributed by atoms with Crippen molar-refractivity contribution < 1.29 is 9.59 Å². The van der Waals surface area contributed by atoms with Crippen LogP contribution in [0.4, 0.5) is 5.13 Å². The van der Waals surface area contributed by atoms with E-state index in [4.69, 9.17) is 11.6 Å². The monoisotopic (exact) mass is 371 g/mol. The highest BCUT2D eigenvalue weighted by molar-refractivity contribution is 7.14. The van der Waals surface area contributed by atoms with Crippen LogP contribution in [0.5, 0.6) is 0 Å². The topological polar surface area (TPSA) is 71.1 Å². The molecule has 7 heteroatoms. The van der Waals surface area contributed by atoms with Gasteiger partial charge in [-0.05, 0) is 24.3 Å². The van der Waals surface area contributed by atoms with E-state index in [2.05, 4.69) is 15.6 Å². The minimum absolute atomic E-state index is 0.137. The number of hydrogen-bond acceptors (Lipinski definition) is 4. The summed E-state index contributed by atoms with van der Waals surface area (Å²) in [6, 6.07) is 16.1. The molecular formula is C18H14ClN3O2S. The van der Waals surface area contributed by atoms with Crippen molar-refractivity contribution in [3.05, 3.63) is 70.6 Å². The Balaban J connectivity index is 1.54. The minimum Gasteiger partial charge on any atom is -0.343 e. The Morgan fingerprint density at radius 1 is 1.04 bits per heavy atom. The van der Waals surface area contributed by atoms with E-state index in [-0.39, 0.29) is 18.4 Å². The second kappa shape index (κ2) is 7.92. The number of carbonyl (C=O) groups is 2. The fourth-order valence-corrected chi connectivity index (χ4v) is 2.96. The van der Waals surface area contributed by atoms with Crippen LogP contribution in [-0.4, -0.2) is 23.3 Å². The first-order chi connectivity index (χ1) is 12.1. The van der Waals surface area contributed by atoms with E-state index in [0.29, 0.717) is 15.7 Å². The van der Waals surface area contributed by atoms with Gasteiger partial charge in [-0.2, -0.15) is 0 Å². The van der Waals surface area contributed by atoms with Gasteiger partial charge in [0.15, 0.2) is 5.13 Å². The molecule has 2 N–H and O–H groups in total. The number of nitrogens with one attached hydrogen (secondary N) is 2. The van der Waals surface area contributed by atoms with Gasteiger partial charge in [0.2, 0.25) is 5.91 Å². The maximum atomic E-state index is 12.0. The molecule has 25 heavy (non-hydrogen) atoms. The molecule has 0 bridgehead atoms. The average Bonchev–Trinajstić information content (AvgIpc) is 3.09. The molecule has 0 aliphatic carbocycles. The van der Waals surface area contributed by atoms with Gasteiger partial charge in [-0.3, -0.25) is 9.59 Å². The average molecular weight is 372 g/mol. The lowest BCUT2D eigenvalue weighted by atomic mass is 10.2. The van der Waals surface area contributed by atoms with Gasteiger partial charge in [-0.15, -0.1) is 11.3 Å². The van der Waals surface area contributed by atoms with Crippen LogP contribution in [0.25, 0.3) is 11.3 Å². The second-order valence-electron chi connectivity index (χ2n) is 5.14. The molecule has 2 aromatic carbocycles. The van der Waals surface area contributed by atoms with Gasteiger partial charge in [-0.1, -0.05) is 41.9 Å². The number of nitrogens with zero attached hydrogens (tertiary/aromatic N) is 1. The zero-order chi connectivity index (χ0) is 17.6. The zero-order valence-electron chi connectivity index (χ0n) is 13.0. The number of carbonyl (C=O) groups excluding carboxylic acids is 2. The van der Waals surface area contributed by atoms with E-state index in [0.717, 1.165) is 11.3 Å². The summed E-state index contributed by atoms with van der Waals surface area (Å²) in [7, 11) is 0. The lowest BCUT2D eigenvalue weighted by molar-refractivity contribution is -0.115. The Morgan fingerprint density at radius 2 is 1.76 bits per heavy atom. The van der Waals surface area contributed by atoms with Crippen LogP contribution >= 0.6 is 22.9 Å². The summed E-state index contributed by atoms with van der Waals surface area (Å²) in [4.78, 5) is 28.3. The van der Waals surface area contributed by atoms with E-state index in [1.807, 2.05) is 35.7 Å². The number of amides is 2. The Labute approximate surface area is 153 Å². The molecule has 0 radical (unpaired) electrons. The summed E-state index contributed by atoms with van der Waals surface area (Å²) in [6.45, 7) is -0.137. The first-order valence-electron chi connectivity index (χ1n) is 7.46. The van der Waals surface area contributed by atoms with Crippen molar-refractivity contribution >= 4 is 39.9 Å². The molecule has 0 aliphatic rings. The number of aromatic nitrogens is 1. The highest BCUT2D eigenvalue weighted by atomic mass is 35.5. The molecule has 126 valence electrons. The standard InChI is InChI=1S/C18H14ClN3O2S/c19-14-8-6-13(7-9-14)17(24)20-10-16(23)22-18-21-15(11-25-18)12-4-2-1-3-5-12/h1-9,11H,10H2,(H,20,24)(H,21,22,23). The van der Waals surface area contributed by atoms with E-state index in [9.17, 15) is 9.59 Å². The van der Waals surface area contributed by atoms with Crippen molar-refractivity contribution in [2.45, 2.75) is 0 Å². The second-order valence-corrected chi connectivity index (χ2v) is 6.44. The predicted molar refractivity (Wildman–Crippen MR) is 100.0 cm³/mol. The summed E-state index contributed by atoms with van der Waals surface area (Å²) in [5, 5.41) is 8.15. The smallest absolute Gasteiger partial charge is 0.251 e. The molecule has 0 aliphatic heterocycles. The number of halogens is 1. The lowest BCUT2D eigenvalue weighted by Gasteiger charge is -2.05. The number of rotatable bonds is 5. The van der Waals surface area contributed by atoms with Gasteiger partial charge >= 0.3 is 0 Å². The van der Waals surface area contributed by atoms with Crippen LogP contribution in [0.2, 0.25) is 5.02 Å². The quantitative estimate of drug-likeness (QED) is 0.716. The summed E-state index contributed by atoms with van der Waals surface area (Å²) in [5.74, 6) is -0.674. The summed E-state index contributed by atoms with van der Waals surface area (Å²) in [5.41, 5.74) is 2.22. The van der Waals surface area contributed by atoms with E-state index >= 15 is 0 Å². The van der Waals surface area contributed by atoms with Crippen LogP contribution in [0.15, 0.2) is 60.0 Å². The molecule has 0 unspecified atom stereocenters. The fraction of sp³-hybridized carbons (Fsp3) is 0.0556. The van der Waals surface area contributed by atoms with Crippen LogP contribution in [0, 0.1) is 0 Å². The van der Waals surface area contributed by atoms with E-state index < -0.39 is 0 Å². The van der Waals surface area contributed by atoms with Crippen molar-refractivity contribution in [2.75, 3.05) is 11.9 Å². The first kappa shape index (κ1) is 17.1. The molecule has 0 saturated carbocycles. The highest BCUT2D eigenvalue weighted by Crippen LogP contribution is 2.24. The third-order valence-electron chi connectivity index (χ3n) is 3.34. The molecular weight excluding hydrogens is 358 g/mol. The van der Waals surface area contributed by atoms with Gasteiger partial charge in [0, 0.05) is 21.5 Å². The van der Waals surface area contributed by atoms with Gasteiger partial charge in [0.1, 0.15) is 0 Å². The first-order valence-corrected chi connectivity index (χ1v) is 8.72. The third kappa shape index (κ3) is 4.65. The molecule has 3 rings (SSSR count). The highest BCUT2D eigenvalue weighted by Gasteiger charge is 2.10. The van der Waals surface area contributed by atoms with Crippen molar-refractivity contribution in [2.24, 2.45) is 0 Å². The van der Waals surface area contributed by atoms with Crippen LogP contribution < -0.4 is 10.6 Å². The maximum Gasteiger partial charge on any atom is 0.251 e.